The number of amides is 2. The number of thioether (sulfide) groups is 2. The lowest BCUT2D eigenvalue weighted by Gasteiger charge is -2.08. The molecule has 1 aromatic carbocycles. The summed E-state index contributed by atoms with van der Waals surface area (Å²) in [5.74, 6) is 2.27. The number of hydrogen-bond donors (Lipinski definition) is 2. The highest BCUT2D eigenvalue weighted by atomic mass is 32.2. The maximum absolute atomic E-state index is 12.4. The van der Waals surface area contributed by atoms with Crippen molar-refractivity contribution in [1.29, 1.82) is 0 Å². The van der Waals surface area contributed by atoms with E-state index in [0.29, 0.717) is 17.0 Å². The van der Waals surface area contributed by atoms with Gasteiger partial charge in [0.05, 0.1) is 10.8 Å². The minimum Gasteiger partial charge on any atom is -0.451 e. The summed E-state index contributed by atoms with van der Waals surface area (Å²) >= 11 is 3.22. The number of anilines is 1. The number of pyridine rings is 1. The summed E-state index contributed by atoms with van der Waals surface area (Å²) in [5, 5.41) is 7.46. The van der Waals surface area contributed by atoms with Gasteiger partial charge in [-0.15, -0.1) is 0 Å². The molecule has 3 heterocycles. The second-order valence-corrected chi connectivity index (χ2v) is 8.55. The first-order valence-electron chi connectivity index (χ1n) is 8.93. The van der Waals surface area contributed by atoms with Gasteiger partial charge in [0.15, 0.2) is 5.76 Å². The molecule has 1 aliphatic heterocycles. The van der Waals surface area contributed by atoms with Crippen molar-refractivity contribution >= 4 is 52.0 Å². The van der Waals surface area contributed by atoms with E-state index in [1.54, 1.807) is 24.4 Å². The molecule has 144 valence electrons. The lowest BCUT2D eigenvalue weighted by atomic mass is 10.2. The van der Waals surface area contributed by atoms with Crippen molar-refractivity contribution in [2.45, 2.75) is 17.5 Å². The first-order chi connectivity index (χ1) is 13.7. The molecule has 6 nitrogen and oxygen atoms in total. The number of benzene rings is 1. The van der Waals surface area contributed by atoms with Gasteiger partial charge in [0.25, 0.3) is 5.91 Å². The standard InChI is InChI=1S/C20H19N3O3S2/c24-18(12-28-19-3-1-2-7-21-19)22-14-4-5-16-13(9-14)10-17(26-16)20(25)23-15-6-8-27-11-15/h1-5,7,9-10,15H,6,8,11-12H2,(H,22,24)(H,23,25). The number of nitrogens with one attached hydrogen (secondary N) is 2. The second-order valence-electron chi connectivity index (χ2n) is 6.40. The van der Waals surface area contributed by atoms with Crippen LogP contribution in [-0.4, -0.2) is 40.1 Å². The molecule has 1 saturated heterocycles. The third-order valence-electron chi connectivity index (χ3n) is 4.28. The van der Waals surface area contributed by atoms with E-state index >= 15 is 0 Å². The zero-order valence-corrected chi connectivity index (χ0v) is 16.6. The molecule has 2 aromatic heterocycles. The maximum Gasteiger partial charge on any atom is 0.287 e. The molecular weight excluding hydrogens is 394 g/mol. The number of aromatic nitrogens is 1. The highest BCUT2D eigenvalue weighted by Crippen LogP contribution is 2.24. The van der Waals surface area contributed by atoms with Crippen LogP contribution >= 0.6 is 23.5 Å². The van der Waals surface area contributed by atoms with Crippen LogP contribution in [0.2, 0.25) is 0 Å². The normalized spacial score (nSPS) is 16.2. The summed E-state index contributed by atoms with van der Waals surface area (Å²) in [7, 11) is 0. The van der Waals surface area contributed by atoms with E-state index in [-0.39, 0.29) is 23.6 Å². The third-order valence-corrected chi connectivity index (χ3v) is 6.38. The number of rotatable bonds is 6. The number of carbonyl (C=O) groups excluding carboxylic acids is 2. The van der Waals surface area contributed by atoms with Gasteiger partial charge in [-0.05, 0) is 48.6 Å². The minimum absolute atomic E-state index is 0.116. The fraction of sp³-hybridized carbons (Fsp3) is 0.250. The molecule has 1 unspecified atom stereocenters. The molecule has 1 atom stereocenters. The van der Waals surface area contributed by atoms with Gasteiger partial charge in [-0.25, -0.2) is 4.98 Å². The van der Waals surface area contributed by atoms with Gasteiger partial charge in [-0.1, -0.05) is 17.8 Å². The smallest absolute Gasteiger partial charge is 0.287 e. The Labute approximate surface area is 170 Å². The van der Waals surface area contributed by atoms with Crippen LogP contribution < -0.4 is 10.6 Å². The van der Waals surface area contributed by atoms with Crippen LogP contribution in [0, 0.1) is 0 Å². The first-order valence-corrected chi connectivity index (χ1v) is 11.1. The number of fused-ring (bicyclic) bond motifs is 1. The van der Waals surface area contributed by atoms with Gasteiger partial charge in [-0.3, -0.25) is 9.59 Å². The molecule has 3 aromatic rings. The Morgan fingerprint density at radius 2 is 2.18 bits per heavy atom. The van der Waals surface area contributed by atoms with Gasteiger partial charge in [-0.2, -0.15) is 11.8 Å². The molecule has 1 aliphatic rings. The summed E-state index contributed by atoms with van der Waals surface area (Å²) in [4.78, 5) is 28.7. The van der Waals surface area contributed by atoms with Gasteiger partial charge in [0.1, 0.15) is 5.58 Å². The molecule has 8 heteroatoms. The van der Waals surface area contributed by atoms with Gasteiger partial charge >= 0.3 is 0 Å². The summed E-state index contributed by atoms with van der Waals surface area (Å²) in [6.45, 7) is 0. The molecule has 0 bridgehead atoms. The lowest BCUT2D eigenvalue weighted by Crippen LogP contribution is -2.34. The number of furan rings is 1. The highest BCUT2D eigenvalue weighted by molar-refractivity contribution is 8.00. The van der Waals surface area contributed by atoms with Crippen LogP contribution in [0.25, 0.3) is 11.0 Å². The maximum atomic E-state index is 12.4. The Kier molecular flexibility index (Phi) is 5.87. The van der Waals surface area contributed by atoms with Crippen molar-refractivity contribution in [2.24, 2.45) is 0 Å². The fourth-order valence-corrected chi connectivity index (χ4v) is 4.72. The summed E-state index contributed by atoms with van der Waals surface area (Å²) in [5.41, 5.74) is 1.28. The summed E-state index contributed by atoms with van der Waals surface area (Å²) in [6, 6.07) is 12.9. The largest absolute Gasteiger partial charge is 0.451 e. The lowest BCUT2D eigenvalue weighted by molar-refractivity contribution is -0.113. The van der Waals surface area contributed by atoms with Crippen molar-refractivity contribution in [3.8, 4) is 0 Å². The van der Waals surface area contributed by atoms with Crippen LogP contribution in [0.5, 0.6) is 0 Å². The predicted molar refractivity (Wildman–Crippen MR) is 113 cm³/mol. The van der Waals surface area contributed by atoms with Crippen LogP contribution in [0.15, 0.2) is 58.1 Å². The monoisotopic (exact) mass is 413 g/mol. The Morgan fingerprint density at radius 3 is 2.96 bits per heavy atom. The molecule has 0 saturated carbocycles. The van der Waals surface area contributed by atoms with E-state index < -0.39 is 0 Å². The quantitative estimate of drug-likeness (QED) is 0.598. The highest BCUT2D eigenvalue weighted by Gasteiger charge is 2.20. The minimum atomic E-state index is -0.193. The average molecular weight is 414 g/mol. The predicted octanol–water partition coefficient (Wildman–Crippen LogP) is 3.79. The van der Waals surface area contributed by atoms with Crippen LogP contribution in [0.4, 0.5) is 5.69 Å². The number of nitrogens with zero attached hydrogens (tertiary/aromatic N) is 1. The number of carbonyl (C=O) groups is 2. The summed E-state index contributed by atoms with van der Waals surface area (Å²) < 4.78 is 5.66. The molecule has 1 fully saturated rings. The molecule has 28 heavy (non-hydrogen) atoms. The van der Waals surface area contributed by atoms with Gasteiger partial charge in [0.2, 0.25) is 5.91 Å². The van der Waals surface area contributed by atoms with E-state index in [2.05, 4.69) is 15.6 Å². The zero-order valence-electron chi connectivity index (χ0n) is 15.0. The van der Waals surface area contributed by atoms with Crippen molar-refractivity contribution in [2.75, 3.05) is 22.6 Å². The molecular formula is C20H19N3O3S2. The summed E-state index contributed by atoms with van der Waals surface area (Å²) in [6.07, 6.45) is 2.69. The van der Waals surface area contributed by atoms with Crippen molar-refractivity contribution in [1.82, 2.24) is 10.3 Å². The van der Waals surface area contributed by atoms with Crippen LogP contribution in [0.1, 0.15) is 17.0 Å². The second kappa shape index (κ2) is 8.70. The fourth-order valence-electron chi connectivity index (χ4n) is 2.91. The van der Waals surface area contributed by atoms with E-state index in [1.165, 1.54) is 11.8 Å². The van der Waals surface area contributed by atoms with E-state index in [9.17, 15) is 9.59 Å². The van der Waals surface area contributed by atoms with Crippen LogP contribution in [-0.2, 0) is 4.79 Å². The molecule has 0 radical (unpaired) electrons. The average Bonchev–Trinajstić information content (AvgIpc) is 3.36. The van der Waals surface area contributed by atoms with Gasteiger partial charge in [0, 0.05) is 29.1 Å². The van der Waals surface area contributed by atoms with E-state index in [1.807, 2.05) is 36.0 Å². The first kappa shape index (κ1) is 18.9. The topological polar surface area (TPSA) is 84.2 Å². The van der Waals surface area contributed by atoms with Crippen molar-refractivity contribution in [3.63, 3.8) is 0 Å². The zero-order chi connectivity index (χ0) is 19.3. The van der Waals surface area contributed by atoms with Crippen molar-refractivity contribution < 1.29 is 14.0 Å². The Balaban J connectivity index is 1.38. The molecule has 0 aliphatic carbocycles. The third kappa shape index (κ3) is 4.69. The Bertz CT molecular complexity index is 985. The molecule has 0 spiro atoms. The van der Waals surface area contributed by atoms with Gasteiger partial charge < -0.3 is 15.1 Å². The van der Waals surface area contributed by atoms with E-state index in [0.717, 1.165) is 28.3 Å². The Hall–Kier alpha value is -2.45. The molecule has 2 N–H and O–H groups in total. The SMILES string of the molecule is O=C(CSc1ccccn1)Nc1ccc2oc(C(=O)NC3CCSC3)cc2c1. The molecule has 2 amide bonds. The van der Waals surface area contributed by atoms with E-state index in [4.69, 9.17) is 4.42 Å². The Morgan fingerprint density at radius 1 is 1.25 bits per heavy atom. The molecule has 4 rings (SSSR count). The van der Waals surface area contributed by atoms with Crippen molar-refractivity contribution in [3.05, 3.63) is 54.4 Å². The van der Waals surface area contributed by atoms with Crippen LogP contribution in [0.3, 0.4) is 0 Å². The number of hydrogen-bond acceptors (Lipinski definition) is 6.